The number of aromatic nitrogens is 4. The molecule has 6 rings (SSSR count). The molecule has 2 aromatic carbocycles. The van der Waals surface area contributed by atoms with Crippen LogP contribution in [0.3, 0.4) is 0 Å². The molecular weight excluding hydrogens is 602 g/mol. The number of fused-ring (bicyclic) bond motifs is 2. The first kappa shape index (κ1) is 29.5. The van der Waals surface area contributed by atoms with Crippen LogP contribution in [-0.2, 0) is 21.4 Å². The van der Waals surface area contributed by atoms with Crippen molar-refractivity contribution in [2.24, 2.45) is 0 Å². The van der Waals surface area contributed by atoms with Crippen molar-refractivity contribution in [2.75, 3.05) is 12.0 Å². The maximum Gasteiger partial charge on any atom is 0.586 e. The van der Waals surface area contributed by atoms with Crippen LogP contribution < -0.4 is 29.4 Å². The summed E-state index contributed by atoms with van der Waals surface area (Å²) in [5.41, 5.74) is -0.437. The zero-order valence-electron chi connectivity index (χ0n) is 24.1. The number of amides is 1. The van der Waals surface area contributed by atoms with E-state index in [-0.39, 0.29) is 44.9 Å². The Balaban J connectivity index is 1.39. The average molecular weight is 631 g/mol. The topological polar surface area (TPSA) is 158 Å². The van der Waals surface area contributed by atoms with Crippen LogP contribution in [0.4, 0.5) is 14.5 Å². The summed E-state index contributed by atoms with van der Waals surface area (Å²) in [7, 11) is -2.70. The number of sulfonamides is 1. The number of methoxy groups -OCH3 is 1. The summed E-state index contributed by atoms with van der Waals surface area (Å²) in [5.74, 6) is -0.808. The zero-order valence-corrected chi connectivity index (χ0v) is 24.9. The number of halogens is 2. The van der Waals surface area contributed by atoms with Gasteiger partial charge in [-0.3, -0.25) is 9.59 Å². The number of hydrogen-bond donors (Lipinski definition) is 2. The third-order valence-electron chi connectivity index (χ3n) is 6.83. The second kappa shape index (κ2) is 10.3. The molecule has 0 saturated heterocycles. The van der Waals surface area contributed by atoms with E-state index in [0.29, 0.717) is 24.1 Å². The van der Waals surface area contributed by atoms with Gasteiger partial charge in [0.15, 0.2) is 17.0 Å². The number of nitrogens with one attached hydrogen (secondary N) is 2. The Hall–Kier alpha value is -4.57. The second-order valence-electron chi connectivity index (χ2n) is 11.5. The Morgan fingerprint density at radius 1 is 1.18 bits per heavy atom. The molecule has 0 spiro atoms. The number of benzene rings is 2. The maximum atomic E-state index is 13.7. The van der Waals surface area contributed by atoms with Crippen molar-refractivity contribution >= 4 is 32.7 Å². The molecule has 0 unspecified atom stereocenters. The number of ether oxygens (including phenoxy) is 3. The van der Waals surface area contributed by atoms with Crippen molar-refractivity contribution in [1.82, 2.24) is 24.5 Å². The van der Waals surface area contributed by atoms with Crippen LogP contribution >= 0.6 is 0 Å². The highest BCUT2D eigenvalue weighted by molar-refractivity contribution is 7.89. The summed E-state index contributed by atoms with van der Waals surface area (Å²) in [4.78, 5) is 35.3. The van der Waals surface area contributed by atoms with Gasteiger partial charge in [-0.05, 0) is 63.9 Å². The van der Waals surface area contributed by atoms with Crippen LogP contribution in [0.1, 0.15) is 33.6 Å². The predicted octanol–water partition coefficient (Wildman–Crippen LogP) is 3.39. The highest BCUT2D eigenvalue weighted by Gasteiger charge is 2.44. The van der Waals surface area contributed by atoms with Gasteiger partial charge in [0.25, 0.3) is 5.56 Å². The molecule has 44 heavy (non-hydrogen) atoms. The minimum atomic E-state index is -4.05. The summed E-state index contributed by atoms with van der Waals surface area (Å²) in [5, 5.41) is 4.45. The third-order valence-corrected chi connectivity index (χ3v) is 8.61. The smallest absolute Gasteiger partial charge is 0.495 e. The lowest BCUT2D eigenvalue weighted by atomic mass is 10.1. The van der Waals surface area contributed by atoms with Crippen LogP contribution in [0.2, 0.25) is 0 Å². The first-order chi connectivity index (χ1) is 20.7. The van der Waals surface area contributed by atoms with Gasteiger partial charge in [-0.25, -0.2) is 22.8 Å². The van der Waals surface area contributed by atoms with Crippen molar-refractivity contribution in [1.29, 1.82) is 0 Å². The Morgan fingerprint density at radius 3 is 2.59 bits per heavy atom. The highest BCUT2D eigenvalue weighted by Crippen LogP contribution is 2.44. The lowest BCUT2D eigenvalue weighted by Crippen LogP contribution is -2.40. The number of anilines is 1. The minimum absolute atomic E-state index is 0.0147. The van der Waals surface area contributed by atoms with Gasteiger partial charge in [-0.1, -0.05) is 0 Å². The van der Waals surface area contributed by atoms with Gasteiger partial charge in [0.1, 0.15) is 22.9 Å². The van der Waals surface area contributed by atoms with Crippen LogP contribution in [0.15, 0.2) is 52.4 Å². The van der Waals surface area contributed by atoms with Crippen molar-refractivity contribution in [3.8, 4) is 28.5 Å². The number of alkyl halides is 2. The first-order valence-corrected chi connectivity index (χ1v) is 15.0. The monoisotopic (exact) mass is 630 g/mol. The van der Waals surface area contributed by atoms with Crippen molar-refractivity contribution < 1.29 is 36.2 Å². The molecule has 2 aliphatic rings. The molecule has 1 aliphatic heterocycles. The molecule has 1 aliphatic carbocycles. The maximum absolute atomic E-state index is 13.7. The fourth-order valence-corrected chi connectivity index (χ4v) is 6.57. The average Bonchev–Trinajstić information content (AvgIpc) is 3.52. The summed E-state index contributed by atoms with van der Waals surface area (Å²) in [6, 6.07) is 8.24. The molecule has 232 valence electrons. The molecule has 0 radical (unpaired) electrons. The molecule has 2 N–H and O–H groups in total. The SMILES string of the molecule is COc1ccc(-c2nn(CC(=O)N(c3ccc4c(c3)OC(F)(F)O4)C3CC3)c(=O)c3nc[nH]c23)cc1S(=O)(=O)NC(C)(C)C. The van der Waals surface area contributed by atoms with E-state index in [0.717, 1.165) is 4.68 Å². The van der Waals surface area contributed by atoms with Gasteiger partial charge in [-0.15, -0.1) is 8.78 Å². The van der Waals surface area contributed by atoms with Gasteiger partial charge in [0, 0.05) is 28.9 Å². The molecule has 1 fully saturated rings. The summed E-state index contributed by atoms with van der Waals surface area (Å²) < 4.78 is 71.6. The van der Waals surface area contributed by atoms with Gasteiger partial charge in [0.05, 0.1) is 19.0 Å². The van der Waals surface area contributed by atoms with Crippen LogP contribution in [-0.4, -0.2) is 59.1 Å². The number of rotatable bonds is 8. The van der Waals surface area contributed by atoms with Crippen molar-refractivity contribution in [2.45, 2.75) is 62.9 Å². The van der Waals surface area contributed by atoms with Crippen molar-refractivity contribution in [3.63, 3.8) is 0 Å². The van der Waals surface area contributed by atoms with E-state index in [1.807, 2.05) is 0 Å². The molecule has 0 atom stereocenters. The minimum Gasteiger partial charge on any atom is -0.495 e. The number of H-pyrrole nitrogens is 1. The van der Waals surface area contributed by atoms with Gasteiger partial charge < -0.3 is 24.1 Å². The van der Waals surface area contributed by atoms with E-state index in [4.69, 9.17) is 4.74 Å². The normalized spacial score (nSPS) is 15.9. The first-order valence-electron chi connectivity index (χ1n) is 13.5. The summed E-state index contributed by atoms with van der Waals surface area (Å²) in [6.45, 7) is 4.59. The van der Waals surface area contributed by atoms with Gasteiger partial charge in [-0.2, -0.15) is 5.10 Å². The fraction of sp³-hybridized carbons (Fsp3) is 0.357. The predicted molar refractivity (Wildman–Crippen MR) is 153 cm³/mol. The largest absolute Gasteiger partial charge is 0.586 e. The Bertz CT molecular complexity index is 1970. The van der Waals surface area contributed by atoms with E-state index in [2.05, 4.69) is 29.3 Å². The van der Waals surface area contributed by atoms with Gasteiger partial charge >= 0.3 is 6.29 Å². The molecular formula is C28H28F2N6O7S. The molecule has 13 nitrogen and oxygen atoms in total. The number of nitrogens with zero attached hydrogens (tertiary/aromatic N) is 4. The molecule has 2 aromatic heterocycles. The number of hydrogen-bond acceptors (Lipinski definition) is 9. The van der Waals surface area contributed by atoms with Crippen LogP contribution in [0, 0.1) is 0 Å². The number of carbonyl (C=O) groups excluding carboxylic acids is 1. The van der Waals surface area contributed by atoms with Gasteiger partial charge in [0.2, 0.25) is 15.9 Å². The zero-order chi connectivity index (χ0) is 31.6. The standard InChI is InChI=1S/C28H28F2N6O7S/c1-27(2,3)34-44(39,40)21-11-15(5-9-19(21)41-4)23-24-25(32-14-31-24)26(38)35(33-23)13-22(37)36(16-6-7-16)17-8-10-18-20(12-17)43-28(29,30)42-18/h5,8-12,14,16,34H,6-7,13H2,1-4H3,(H,31,32). The Morgan fingerprint density at radius 2 is 1.91 bits per heavy atom. The molecule has 3 heterocycles. The van der Waals surface area contributed by atoms with E-state index in [1.165, 1.54) is 48.7 Å². The lowest BCUT2D eigenvalue weighted by molar-refractivity contribution is -0.286. The quantitative estimate of drug-likeness (QED) is 0.298. The molecule has 4 aromatic rings. The van der Waals surface area contributed by atoms with E-state index < -0.39 is 39.9 Å². The van der Waals surface area contributed by atoms with E-state index in [9.17, 15) is 26.8 Å². The number of imidazole rings is 1. The highest BCUT2D eigenvalue weighted by atomic mass is 32.2. The molecule has 0 bridgehead atoms. The summed E-state index contributed by atoms with van der Waals surface area (Å²) in [6.07, 6.45) is -1.17. The van der Waals surface area contributed by atoms with E-state index in [1.54, 1.807) is 26.8 Å². The number of carbonyl (C=O) groups is 1. The Kier molecular flexibility index (Phi) is 6.88. The third kappa shape index (κ3) is 5.57. The Labute approximate surface area is 249 Å². The van der Waals surface area contributed by atoms with Crippen LogP contribution in [0.5, 0.6) is 17.2 Å². The fourth-order valence-electron chi connectivity index (χ4n) is 4.96. The second-order valence-corrected chi connectivity index (χ2v) is 13.1. The summed E-state index contributed by atoms with van der Waals surface area (Å²) >= 11 is 0. The molecule has 1 amide bonds. The van der Waals surface area contributed by atoms with Crippen LogP contribution in [0.25, 0.3) is 22.3 Å². The lowest BCUT2D eigenvalue weighted by Gasteiger charge is -2.23. The molecule has 1 saturated carbocycles. The van der Waals surface area contributed by atoms with Crippen molar-refractivity contribution in [3.05, 3.63) is 53.1 Å². The number of aromatic amines is 1. The molecule has 16 heteroatoms. The van der Waals surface area contributed by atoms with E-state index >= 15 is 0 Å².